The van der Waals surface area contributed by atoms with E-state index in [1.54, 1.807) is 6.07 Å². The summed E-state index contributed by atoms with van der Waals surface area (Å²) in [6.07, 6.45) is 0. The van der Waals surface area contributed by atoms with E-state index in [4.69, 9.17) is 16.9 Å². The first-order chi connectivity index (χ1) is 5.65. The number of nitro groups is 1. The number of nitro benzene ring substituents is 1. The topological polar surface area (TPSA) is 66.9 Å². The van der Waals surface area contributed by atoms with E-state index in [1.165, 1.54) is 18.2 Å². The summed E-state index contributed by atoms with van der Waals surface area (Å²) in [6.45, 7) is 0. The van der Waals surface area contributed by atoms with Crippen molar-refractivity contribution in [2.75, 3.05) is 0 Å². The number of halogens is 1. The van der Waals surface area contributed by atoms with Gasteiger partial charge >= 0.3 is 0 Å². The Kier molecular flexibility index (Phi) is 2.26. The molecule has 0 aliphatic carbocycles. The predicted octanol–water partition coefficient (Wildman–Crippen LogP) is 2.12. The summed E-state index contributed by atoms with van der Waals surface area (Å²) in [5.74, 6) is 0. The van der Waals surface area contributed by atoms with Crippen molar-refractivity contribution >= 4 is 17.3 Å². The molecule has 4 nitrogen and oxygen atoms in total. The van der Waals surface area contributed by atoms with Gasteiger partial charge in [0.2, 0.25) is 0 Å². The van der Waals surface area contributed by atoms with Crippen molar-refractivity contribution in [3.05, 3.63) is 38.9 Å². The minimum Gasteiger partial charge on any atom is -0.258 e. The molecule has 5 heteroatoms. The van der Waals surface area contributed by atoms with Crippen LogP contribution in [0.1, 0.15) is 5.56 Å². The first-order valence-electron chi connectivity index (χ1n) is 2.99. The highest BCUT2D eigenvalue weighted by Gasteiger charge is 2.12. The van der Waals surface area contributed by atoms with E-state index in [0.29, 0.717) is 5.02 Å². The molecule has 0 fully saturated rings. The van der Waals surface area contributed by atoms with Crippen LogP contribution in [-0.4, -0.2) is 4.92 Å². The fraction of sp³-hybridized carbons (Fsp3) is 0. The van der Waals surface area contributed by atoms with Crippen LogP contribution in [-0.2, 0) is 0 Å². The molecule has 0 saturated carbocycles. The number of nitriles is 1. The lowest BCUT2D eigenvalue weighted by Gasteiger charge is -1.93. The fourth-order valence-corrected chi connectivity index (χ4v) is 0.929. The zero-order valence-electron chi connectivity index (χ0n) is 5.82. The summed E-state index contributed by atoms with van der Waals surface area (Å²) >= 11 is 5.53. The molecule has 0 aliphatic heterocycles. The minimum atomic E-state index is -0.616. The lowest BCUT2D eigenvalue weighted by atomic mass is 10.2. The Balaban J connectivity index is 3.32. The quantitative estimate of drug-likeness (QED) is 0.494. The molecule has 0 aromatic heterocycles. The van der Waals surface area contributed by atoms with E-state index >= 15 is 0 Å². The van der Waals surface area contributed by atoms with Crippen molar-refractivity contribution in [2.45, 2.75) is 0 Å². The van der Waals surface area contributed by atoms with Crippen LogP contribution in [0.25, 0.3) is 0 Å². The maximum Gasteiger partial charge on any atom is 0.287 e. The average Bonchev–Trinajstić information content (AvgIpc) is 2.03. The Morgan fingerprint density at radius 2 is 2.25 bits per heavy atom. The maximum absolute atomic E-state index is 10.3. The van der Waals surface area contributed by atoms with Crippen molar-refractivity contribution < 1.29 is 4.92 Å². The molecule has 0 unspecified atom stereocenters. The van der Waals surface area contributed by atoms with E-state index in [2.05, 4.69) is 0 Å². The summed E-state index contributed by atoms with van der Waals surface area (Å²) in [4.78, 5) is 9.69. The molecule has 60 valence electrons. The van der Waals surface area contributed by atoms with Gasteiger partial charge in [-0.2, -0.15) is 5.26 Å². The van der Waals surface area contributed by atoms with Crippen molar-refractivity contribution in [3.63, 3.8) is 0 Å². The number of rotatable bonds is 1. The molecule has 12 heavy (non-hydrogen) atoms. The van der Waals surface area contributed by atoms with Crippen LogP contribution >= 0.6 is 11.6 Å². The third-order valence-corrected chi connectivity index (χ3v) is 1.51. The molecule has 0 radical (unpaired) electrons. The van der Waals surface area contributed by atoms with Gasteiger partial charge in [0.25, 0.3) is 5.69 Å². The van der Waals surface area contributed by atoms with Gasteiger partial charge in [0.1, 0.15) is 11.6 Å². The molecule has 0 amide bonds. The Morgan fingerprint density at radius 1 is 1.58 bits per heavy atom. The van der Waals surface area contributed by atoms with Crippen LogP contribution in [0.4, 0.5) is 5.69 Å². The molecule has 0 N–H and O–H groups in total. The van der Waals surface area contributed by atoms with Gasteiger partial charge in [-0.15, -0.1) is 0 Å². The normalized spacial score (nSPS) is 9.00. The van der Waals surface area contributed by atoms with Crippen LogP contribution < -0.4 is 0 Å². The summed E-state index contributed by atoms with van der Waals surface area (Å²) < 4.78 is 0. The van der Waals surface area contributed by atoms with E-state index in [9.17, 15) is 10.1 Å². The number of hydrogen-bond acceptors (Lipinski definition) is 3. The van der Waals surface area contributed by atoms with Gasteiger partial charge in [-0.1, -0.05) is 11.6 Å². The first kappa shape index (κ1) is 8.50. The minimum absolute atomic E-state index is 0.0208. The Bertz CT molecular complexity index is 370. The molecule has 0 aliphatic rings. The molecule has 0 bridgehead atoms. The highest BCUT2D eigenvalue weighted by molar-refractivity contribution is 6.30. The third kappa shape index (κ3) is 1.52. The van der Waals surface area contributed by atoms with Crippen LogP contribution in [0, 0.1) is 21.4 Å². The third-order valence-electron chi connectivity index (χ3n) is 1.28. The van der Waals surface area contributed by atoms with Crippen LogP contribution in [0.2, 0.25) is 5.02 Å². The van der Waals surface area contributed by atoms with Crippen LogP contribution in [0.5, 0.6) is 0 Å². The predicted molar refractivity (Wildman–Crippen MR) is 42.8 cm³/mol. The van der Waals surface area contributed by atoms with Crippen LogP contribution in [0.3, 0.4) is 0 Å². The lowest BCUT2D eigenvalue weighted by molar-refractivity contribution is -0.385. The van der Waals surface area contributed by atoms with E-state index in [0.717, 1.165) is 0 Å². The van der Waals surface area contributed by atoms with Gasteiger partial charge in [-0.25, -0.2) is 0 Å². The largest absolute Gasteiger partial charge is 0.287 e. The van der Waals surface area contributed by atoms with Gasteiger partial charge in [0, 0.05) is 11.1 Å². The monoisotopic (exact) mass is 182 g/mol. The van der Waals surface area contributed by atoms with Crippen molar-refractivity contribution in [1.29, 1.82) is 5.26 Å². The Labute approximate surface area is 73.1 Å². The zero-order chi connectivity index (χ0) is 9.14. The van der Waals surface area contributed by atoms with Gasteiger partial charge < -0.3 is 0 Å². The van der Waals surface area contributed by atoms with Crippen molar-refractivity contribution in [1.82, 2.24) is 0 Å². The second-order valence-electron chi connectivity index (χ2n) is 2.03. The summed E-state index contributed by atoms with van der Waals surface area (Å²) in [5, 5.41) is 19.1. The number of hydrogen-bond donors (Lipinski definition) is 0. The maximum atomic E-state index is 10.3. The number of nitrogens with zero attached hydrogens (tertiary/aromatic N) is 2. The van der Waals surface area contributed by atoms with E-state index in [1.807, 2.05) is 0 Å². The first-order valence-corrected chi connectivity index (χ1v) is 3.37. The van der Waals surface area contributed by atoms with Crippen LogP contribution in [0.15, 0.2) is 18.2 Å². The molecular formula is C7H3ClN2O2. The molecular weight excluding hydrogens is 180 g/mol. The highest BCUT2D eigenvalue weighted by atomic mass is 35.5. The molecule has 1 aromatic carbocycles. The standard InChI is InChI=1S/C7H3ClN2O2/c8-6-1-2-7(10(11)12)5(3-6)4-9/h1-3H. The zero-order valence-corrected chi connectivity index (χ0v) is 6.58. The summed E-state index contributed by atoms with van der Waals surface area (Å²) in [7, 11) is 0. The number of benzene rings is 1. The van der Waals surface area contributed by atoms with Crippen molar-refractivity contribution in [3.8, 4) is 6.07 Å². The SMILES string of the molecule is N#Cc1cc(Cl)ccc1[N+](=O)[O-]. The van der Waals surface area contributed by atoms with Crippen molar-refractivity contribution in [2.24, 2.45) is 0 Å². The second kappa shape index (κ2) is 3.20. The average molecular weight is 183 g/mol. The fourth-order valence-electron chi connectivity index (χ4n) is 0.757. The second-order valence-corrected chi connectivity index (χ2v) is 2.47. The highest BCUT2D eigenvalue weighted by Crippen LogP contribution is 2.21. The Morgan fingerprint density at radius 3 is 2.75 bits per heavy atom. The van der Waals surface area contributed by atoms with E-state index in [-0.39, 0.29) is 11.3 Å². The molecule has 0 heterocycles. The molecule has 0 saturated heterocycles. The Hall–Kier alpha value is -1.60. The molecule has 0 atom stereocenters. The van der Waals surface area contributed by atoms with Gasteiger partial charge in [-0.05, 0) is 12.1 Å². The molecule has 0 spiro atoms. The smallest absolute Gasteiger partial charge is 0.258 e. The summed E-state index contributed by atoms with van der Waals surface area (Å²) in [6, 6.07) is 5.54. The van der Waals surface area contributed by atoms with Gasteiger partial charge in [0.05, 0.1) is 4.92 Å². The van der Waals surface area contributed by atoms with Gasteiger partial charge in [-0.3, -0.25) is 10.1 Å². The molecule has 1 aromatic rings. The van der Waals surface area contributed by atoms with Gasteiger partial charge in [0.15, 0.2) is 0 Å². The van der Waals surface area contributed by atoms with E-state index < -0.39 is 4.92 Å². The molecule has 1 rings (SSSR count). The lowest BCUT2D eigenvalue weighted by Crippen LogP contribution is -1.91. The summed E-state index contributed by atoms with van der Waals surface area (Å²) in [5.41, 5.74) is -0.241.